The summed E-state index contributed by atoms with van der Waals surface area (Å²) in [5, 5.41) is 0. The van der Waals surface area contributed by atoms with Crippen molar-refractivity contribution in [2.45, 2.75) is 31.3 Å². The molecule has 1 saturated heterocycles. The molecule has 2 nitrogen and oxygen atoms in total. The van der Waals surface area contributed by atoms with Crippen LogP contribution in [0.4, 0.5) is 0 Å². The van der Waals surface area contributed by atoms with Gasteiger partial charge in [-0.15, -0.1) is 0 Å². The SMILES string of the molecule is CSCC(=O)N1C2C=CCC1CC2. The number of amides is 1. The Morgan fingerprint density at radius 3 is 3.15 bits per heavy atom. The van der Waals surface area contributed by atoms with Crippen molar-refractivity contribution in [3.05, 3.63) is 12.2 Å². The van der Waals surface area contributed by atoms with Crippen LogP contribution in [0.2, 0.25) is 0 Å². The van der Waals surface area contributed by atoms with E-state index >= 15 is 0 Å². The lowest BCUT2D eigenvalue weighted by Gasteiger charge is -2.31. The number of rotatable bonds is 2. The summed E-state index contributed by atoms with van der Waals surface area (Å²) in [7, 11) is 0. The Labute approximate surface area is 83.4 Å². The number of carbonyl (C=O) groups is 1. The minimum atomic E-state index is 0.323. The number of hydrogen-bond donors (Lipinski definition) is 0. The number of fused-ring (bicyclic) bond motifs is 2. The van der Waals surface area contributed by atoms with Gasteiger partial charge in [0, 0.05) is 6.04 Å². The molecule has 0 aliphatic carbocycles. The number of carbonyl (C=O) groups excluding carboxylic acids is 1. The molecule has 2 unspecified atom stereocenters. The Bertz CT molecular complexity index is 239. The van der Waals surface area contributed by atoms with Crippen LogP contribution in [0.1, 0.15) is 19.3 Å². The molecular weight excluding hydrogens is 182 g/mol. The summed E-state index contributed by atoms with van der Waals surface area (Å²) in [4.78, 5) is 13.8. The van der Waals surface area contributed by atoms with E-state index in [1.165, 1.54) is 12.8 Å². The highest BCUT2D eigenvalue weighted by Gasteiger charge is 2.36. The van der Waals surface area contributed by atoms with Crippen LogP contribution in [-0.2, 0) is 4.79 Å². The highest BCUT2D eigenvalue weighted by atomic mass is 32.2. The van der Waals surface area contributed by atoms with Gasteiger partial charge in [0.15, 0.2) is 0 Å². The molecule has 13 heavy (non-hydrogen) atoms. The quantitative estimate of drug-likeness (QED) is 0.628. The average Bonchev–Trinajstić information content (AvgIpc) is 2.37. The molecule has 72 valence electrons. The Balaban J connectivity index is 2.07. The summed E-state index contributed by atoms with van der Waals surface area (Å²) in [6, 6.07) is 0.924. The lowest BCUT2D eigenvalue weighted by molar-refractivity contribution is -0.130. The van der Waals surface area contributed by atoms with Crippen LogP contribution in [0, 0.1) is 0 Å². The average molecular weight is 197 g/mol. The predicted molar refractivity (Wildman–Crippen MR) is 55.8 cm³/mol. The third kappa shape index (κ3) is 1.62. The van der Waals surface area contributed by atoms with E-state index in [4.69, 9.17) is 0 Å². The molecule has 2 aliphatic heterocycles. The molecule has 2 aliphatic rings. The minimum Gasteiger partial charge on any atom is -0.332 e. The van der Waals surface area contributed by atoms with E-state index in [0.29, 0.717) is 23.7 Å². The predicted octanol–water partition coefficient (Wildman–Crippen LogP) is 1.67. The first-order chi connectivity index (χ1) is 6.33. The maximum Gasteiger partial charge on any atom is 0.233 e. The molecule has 0 aromatic carbocycles. The molecule has 1 amide bonds. The van der Waals surface area contributed by atoms with Crippen LogP contribution in [0.5, 0.6) is 0 Å². The van der Waals surface area contributed by atoms with Crippen LogP contribution in [0.3, 0.4) is 0 Å². The molecule has 1 fully saturated rings. The number of thioether (sulfide) groups is 1. The Morgan fingerprint density at radius 2 is 2.46 bits per heavy atom. The molecule has 0 spiro atoms. The Kier molecular flexibility index (Phi) is 2.63. The van der Waals surface area contributed by atoms with E-state index in [2.05, 4.69) is 17.1 Å². The second-order valence-corrected chi connectivity index (χ2v) is 4.56. The number of nitrogens with zero attached hydrogens (tertiary/aromatic N) is 1. The lowest BCUT2D eigenvalue weighted by atomic mass is 10.1. The van der Waals surface area contributed by atoms with Crippen LogP contribution in [0.25, 0.3) is 0 Å². The van der Waals surface area contributed by atoms with Gasteiger partial charge in [0.2, 0.25) is 5.91 Å². The van der Waals surface area contributed by atoms with Crippen molar-refractivity contribution >= 4 is 17.7 Å². The first-order valence-corrected chi connectivity index (χ1v) is 6.19. The smallest absolute Gasteiger partial charge is 0.233 e. The molecule has 2 bridgehead atoms. The fraction of sp³-hybridized carbons (Fsp3) is 0.700. The topological polar surface area (TPSA) is 20.3 Å². The largest absolute Gasteiger partial charge is 0.332 e. The third-order valence-electron chi connectivity index (χ3n) is 2.87. The van der Waals surface area contributed by atoms with Crippen LogP contribution < -0.4 is 0 Å². The fourth-order valence-corrected chi connectivity index (χ4v) is 2.71. The molecular formula is C10H15NOS. The van der Waals surface area contributed by atoms with Crippen molar-refractivity contribution in [1.82, 2.24) is 4.90 Å². The van der Waals surface area contributed by atoms with Crippen molar-refractivity contribution < 1.29 is 4.79 Å². The normalized spacial score (nSPS) is 31.0. The van der Waals surface area contributed by atoms with Crippen LogP contribution in [-0.4, -0.2) is 34.9 Å². The summed E-state index contributed by atoms with van der Waals surface area (Å²) < 4.78 is 0. The molecule has 0 aromatic heterocycles. The third-order valence-corrected chi connectivity index (χ3v) is 3.40. The molecule has 2 rings (SSSR count). The van der Waals surface area contributed by atoms with Crippen molar-refractivity contribution in [3.8, 4) is 0 Å². The summed E-state index contributed by atoms with van der Waals surface area (Å²) in [6.45, 7) is 0. The Morgan fingerprint density at radius 1 is 1.62 bits per heavy atom. The van der Waals surface area contributed by atoms with E-state index in [-0.39, 0.29) is 0 Å². The Hall–Kier alpha value is -0.440. The maximum atomic E-state index is 11.7. The monoisotopic (exact) mass is 197 g/mol. The summed E-state index contributed by atoms with van der Waals surface area (Å²) >= 11 is 1.62. The first kappa shape index (κ1) is 9.13. The zero-order chi connectivity index (χ0) is 9.26. The summed E-state index contributed by atoms with van der Waals surface area (Å²) in [5.41, 5.74) is 0. The van der Waals surface area contributed by atoms with Gasteiger partial charge in [-0.2, -0.15) is 11.8 Å². The molecule has 0 radical (unpaired) electrons. The van der Waals surface area contributed by atoms with E-state index < -0.39 is 0 Å². The van der Waals surface area contributed by atoms with Crippen molar-refractivity contribution in [2.75, 3.05) is 12.0 Å². The molecule has 2 heterocycles. The van der Waals surface area contributed by atoms with Gasteiger partial charge in [0.1, 0.15) is 0 Å². The van der Waals surface area contributed by atoms with E-state index in [0.717, 1.165) is 6.42 Å². The van der Waals surface area contributed by atoms with E-state index in [1.807, 2.05) is 6.26 Å². The van der Waals surface area contributed by atoms with Crippen molar-refractivity contribution in [3.63, 3.8) is 0 Å². The van der Waals surface area contributed by atoms with Gasteiger partial charge < -0.3 is 4.90 Å². The van der Waals surface area contributed by atoms with E-state index in [1.54, 1.807) is 11.8 Å². The second kappa shape index (κ2) is 3.74. The summed E-state index contributed by atoms with van der Waals surface area (Å²) in [5.74, 6) is 0.963. The molecule has 0 aromatic rings. The van der Waals surface area contributed by atoms with Crippen molar-refractivity contribution in [2.24, 2.45) is 0 Å². The van der Waals surface area contributed by atoms with Gasteiger partial charge in [-0.25, -0.2) is 0 Å². The zero-order valence-corrected chi connectivity index (χ0v) is 8.72. The minimum absolute atomic E-state index is 0.323. The zero-order valence-electron chi connectivity index (χ0n) is 7.90. The highest BCUT2D eigenvalue weighted by molar-refractivity contribution is 7.99. The first-order valence-electron chi connectivity index (χ1n) is 4.79. The lowest BCUT2D eigenvalue weighted by Crippen LogP contribution is -2.43. The molecule has 0 N–H and O–H groups in total. The number of hydrogen-bond acceptors (Lipinski definition) is 2. The fourth-order valence-electron chi connectivity index (χ4n) is 2.31. The molecule has 0 saturated carbocycles. The standard InChI is InChI=1S/C10H15NOS/c1-13-7-10(12)11-8-3-2-4-9(11)6-5-8/h2-3,8-9H,4-7H2,1H3. The van der Waals surface area contributed by atoms with Crippen LogP contribution in [0.15, 0.2) is 12.2 Å². The van der Waals surface area contributed by atoms with Gasteiger partial charge in [-0.1, -0.05) is 12.2 Å². The van der Waals surface area contributed by atoms with Gasteiger partial charge in [-0.05, 0) is 25.5 Å². The van der Waals surface area contributed by atoms with E-state index in [9.17, 15) is 4.79 Å². The van der Waals surface area contributed by atoms with Gasteiger partial charge in [0.25, 0.3) is 0 Å². The second-order valence-electron chi connectivity index (χ2n) is 3.70. The molecule has 2 atom stereocenters. The van der Waals surface area contributed by atoms with Gasteiger partial charge in [-0.3, -0.25) is 4.79 Å². The molecule has 3 heteroatoms. The van der Waals surface area contributed by atoms with Gasteiger partial charge in [0.05, 0.1) is 11.8 Å². The highest BCUT2D eigenvalue weighted by Crippen LogP contribution is 2.31. The van der Waals surface area contributed by atoms with Crippen LogP contribution >= 0.6 is 11.8 Å². The van der Waals surface area contributed by atoms with Crippen molar-refractivity contribution in [1.29, 1.82) is 0 Å². The summed E-state index contributed by atoms with van der Waals surface area (Å²) in [6.07, 6.45) is 9.84. The van der Waals surface area contributed by atoms with Gasteiger partial charge >= 0.3 is 0 Å². The maximum absolute atomic E-state index is 11.7.